The average Bonchev–Trinajstić information content (AvgIpc) is 2.46. The van der Waals surface area contributed by atoms with E-state index in [4.69, 9.17) is 9.47 Å². The summed E-state index contributed by atoms with van der Waals surface area (Å²) in [4.78, 5) is 0. The first-order valence-electron chi connectivity index (χ1n) is 7.30. The van der Waals surface area contributed by atoms with Gasteiger partial charge in [0.25, 0.3) is 0 Å². The van der Waals surface area contributed by atoms with Crippen molar-refractivity contribution < 1.29 is 9.47 Å². The molecule has 1 aromatic rings. The van der Waals surface area contributed by atoms with E-state index in [9.17, 15) is 0 Å². The summed E-state index contributed by atoms with van der Waals surface area (Å²) in [6.45, 7) is 2.23. The van der Waals surface area contributed by atoms with Crippen LogP contribution in [0, 0.1) is 0 Å². The minimum absolute atomic E-state index is 0.323. The summed E-state index contributed by atoms with van der Waals surface area (Å²) in [6.07, 6.45) is 6.31. The van der Waals surface area contributed by atoms with E-state index in [1.54, 1.807) is 7.11 Å². The van der Waals surface area contributed by atoms with Crippen LogP contribution in [0.2, 0.25) is 0 Å². The van der Waals surface area contributed by atoms with Crippen LogP contribution < -0.4 is 14.8 Å². The Kier molecular flexibility index (Phi) is 5.08. The number of hydrogen-bond acceptors (Lipinski definition) is 3. The Morgan fingerprint density at radius 2 is 2.21 bits per heavy atom. The van der Waals surface area contributed by atoms with E-state index in [0.29, 0.717) is 12.1 Å². The molecule has 1 aliphatic heterocycles. The van der Waals surface area contributed by atoms with Crippen molar-refractivity contribution in [3.63, 3.8) is 0 Å². The molecule has 3 nitrogen and oxygen atoms in total. The minimum atomic E-state index is 0.323. The van der Waals surface area contributed by atoms with Gasteiger partial charge in [0.15, 0.2) is 0 Å². The summed E-state index contributed by atoms with van der Waals surface area (Å²) in [5, 5.41) is 3.40. The van der Waals surface area contributed by atoms with Crippen molar-refractivity contribution in [3.05, 3.63) is 23.8 Å². The molecule has 0 aliphatic carbocycles. The molecule has 0 fully saturated rings. The van der Waals surface area contributed by atoms with Gasteiger partial charge in [0.1, 0.15) is 17.6 Å². The second-order valence-corrected chi connectivity index (χ2v) is 5.22. The lowest BCUT2D eigenvalue weighted by atomic mass is 9.94. The molecular formula is C16H25NO2. The molecular weight excluding hydrogens is 238 g/mol. The van der Waals surface area contributed by atoms with E-state index in [0.717, 1.165) is 24.3 Å². The Morgan fingerprint density at radius 3 is 2.89 bits per heavy atom. The van der Waals surface area contributed by atoms with Gasteiger partial charge in [-0.05, 0) is 26.0 Å². The molecule has 2 rings (SSSR count). The van der Waals surface area contributed by atoms with Gasteiger partial charge in [-0.3, -0.25) is 0 Å². The van der Waals surface area contributed by atoms with Crippen LogP contribution in [0.1, 0.15) is 50.6 Å². The standard InChI is InChI=1S/C16H25NO2/c1-4-5-6-7-13-10-15(17-2)14-9-8-12(18-3)11-16(14)19-13/h8-9,11,13,15,17H,4-7,10H2,1-3H3. The van der Waals surface area contributed by atoms with Gasteiger partial charge < -0.3 is 14.8 Å². The van der Waals surface area contributed by atoms with Gasteiger partial charge in [-0.15, -0.1) is 0 Å². The van der Waals surface area contributed by atoms with E-state index in [1.807, 2.05) is 19.2 Å². The zero-order valence-electron chi connectivity index (χ0n) is 12.2. The zero-order chi connectivity index (χ0) is 13.7. The number of nitrogens with one attached hydrogen (secondary N) is 1. The lowest BCUT2D eigenvalue weighted by Crippen LogP contribution is -2.31. The molecule has 1 heterocycles. The van der Waals surface area contributed by atoms with Gasteiger partial charge in [0.2, 0.25) is 0 Å². The highest BCUT2D eigenvalue weighted by atomic mass is 16.5. The van der Waals surface area contributed by atoms with Crippen LogP contribution in [0.3, 0.4) is 0 Å². The summed E-state index contributed by atoms with van der Waals surface area (Å²) >= 11 is 0. The van der Waals surface area contributed by atoms with E-state index in [-0.39, 0.29) is 0 Å². The first-order valence-corrected chi connectivity index (χ1v) is 7.30. The third kappa shape index (κ3) is 3.41. The van der Waals surface area contributed by atoms with E-state index in [2.05, 4.69) is 18.3 Å². The predicted octanol–water partition coefficient (Wildman–Crippen LogP) is 3.69. The normalized spacial score (nSPS) is 21.6. The highest BCUT2D eigenvalue weighted by Crippen LogP contribution is 2.38. The Labute approximate surface area is 116 Å². The lowest BCUT2D eigenvalue weighted by molar-refractivity contribution is 0.139. The topological polar surface area (TPSA) is 30.5 Å². The number of methoxy groups -OCH3 is 1. The van der Waals surface area contributed by atoms with Crippen LogP contribution in [-0.4, -0.2) is 20.3 Å². The van der Waals surface area contributed by atoms with Crippen LogP contribution in [0.4, 0.5) is 0 Å². The molecule has 1 N–H and O–H groups in total. The van der Waals surface area contributed by atoms with Crippen LogP contribution >= 0.6 is 0 Å². The quantitative estimate of drug-likeness (QED) is 0.794. The first-order chi connectivity index (χ1) is 9.28. The fourth-order valence-electron chi connectivity index (χ4n) is 2.72. The Morgan fingerprint density at radius 1 is 1.37 bits per heavy atom. The third-order valence-corrected chi connectivity index (χ3v) is 3.87. The summed E-state index contributed by atoms with van der Waals surface area (Å²) in [5.74, 6) is 1.84. The third-order valence-electron chi connectivity index (χ3n) is 3.87. The molecule has 3 heteroatoms. The molecule has 106 valence electrons. The summed E-state index contributed by atoms with van der Waals surface area (Å²) in [5.41, 5.74) is 1.25. The molecule has 2 unspecified atom stereocenters. The van der Waals surface area contributed by atoms with Crippen LogP contribution in [0.25, 0.3) is 0 Å². The number of ether oxygens (including phenoxy) is 2. The number of benzene rings is 1. The first kappa shape index (κ1) is 14.2. The summed E-state index contributed by atoms with van der Waals surface area (Å²) in [6, 6.07) is 6.51. The van der Waals surface area contributed by atoms with Gasteiger partial charge in [-0.25, -0.2) is 0 Å². The smallest absolute Gasteiger partial charge is 0.128 e. The largest absolute Gasteiger partial charge is 0.497 e. The van der Waals surface area contributed by atoms with Crippen molar-refractivity contribution in [2.24, 2.45) is 0 Å². The van der Waals surface area contributed by atoms with Gasteiger partial charge >= 0.3 is 0 Å². The van der Waals surface area contributed by atoms with Crippen molar-refractivity contribution in [2.45, 2.75) is 51.2 Å². The van der Waals surface area contributed by atoms with Crippen molar-refractivity contribution in [1.29, 1.82) is 0 Å². The lowest BCUT2D eigenvalue weighted by Gasteiger charge is -2.32. The second-order valence-electron chi connectivity index (χ2n) is 5.22. The molecule has 1 aromatic carbocycles. The number of hydrogen-bond donors (Lipinski definition) is 1. The summed E-state index contributed by atoms with van der Waals surface area (Å²) in [7, 11) is 3.71. The highest BCUT2D eigenvalue weighted by Gasteiger charge is 2.27. The molecule has 0 aromatic heterocycles. The van der Waals surface area contributed by atoms with Gasteiger partial charge in [-0.1, -0.05) is 25.8 Å². The number of rotatable bonds is 6. The van der Waals surface area contributed by atoms with Gasteiger partial charge in [0.05, 0.1) is 7.11 Å². The van der Waals surface area contributed by atoms with E-state index in [1.165, 1.54) is 24.8 Å². The molecule has 0 spiro atoms. The summed E-state index contributed by atoms with van der Waals surface area (Å²) < 4.78 is 11.4. The number of unbranched alkanes of at least 4 members (excludes halogenated alkanes) is 2. The maximum Gasteiger partial charge on any atom is 0.128 e. The maximum absolute atomic E-state index is 6.13. The molecule has 1 aliphatic rings. The molecule has 19 heavy (non-hydrogen) atoms. The zero-order valence-corrected chi connectivity index (χ0v) is 12.2. The Balaban J connectivity index is 2.10. The van der Waals surface area contributed by atoms with Gasteiger partial charge in [-0.2, -0.15) is 0 Å². The fraction of sp³-hybridized carbons (Fsp3) is 0.625. The predicted molar refractivity (Wildman–Crippen MR) is 78.0 cm³/mol. The maximum atomic E-state index is 6.13. The molecule has 0 bridgehead atoms. The van der Waals surface area contributed by atoms with Crippen LogP contribution in [0.15, 0.2) is 18.2 Å². The molecule has 2 atom stereocenters. The van der Waals surface area contributed by atoms with Crippen molar-refractivity contribution in [2.75, 3.05) is 14.2 Å². The van der Waals surface area contributed by atoms with E-state index >= 15 is 0 Å². The SMILES string of the molecule is CCCCCC1CC(NC)c2ccc(OC)cc2O1. The molecule has 0 radical (unpaired) electrons. The van der Waals surface area contributed by atoms with Crippen molar-refractivity contribution in [1.82, 2.24) is 5.32 Å². The van der Waals surface area contributed by atoms with Crippen LogP contribution in [-0.2, 0) is 0 Å². The number of fused-ring (bicyclic) bond motifs is 1. The molecule has 0 saturated heterocycles. The Hall–Kier alpha value is -1.22. The average molecular weight is 263 g/mol. The monoisotopic (exact) mass is 263 g/mol. The Bertz CT molecular complexity index is 406. The van der Waals surface area contributed by atoms with Crippen LogP contribution in [0.5, 0.6) is 11.5 Å². The van der Waals surface area contributed by atoms with Gasteiger partial charge in [0, 0.05) is 24.1 Å². The molecule has 0 amide bonds. The minimum Gasteiger partial charge on any atom is -0.497 e. The van der Waals surface area contributed by atoms with E-state index < -0.39 is 0 Å². The fourth-order valence-corrected chi connectivity index (χ4v) is 2.72. The second kappa shape index (κ2) is 6.80. The van der Waals surface area contributed by atoms with Crippen molar-refractivity contribution >= 4 is 0 Å². The highest BCUT2D eigenvalue weighted by molar-refractivity contribution is 5.43. The van der Waals surface area contributed by atoms with Crippen molar-refractivity contribution in [3.8, 4) is 11.5 Å². The molecule has 0 saturated carbocycles.